The van der Waals surface area contributed by atoms with Crippen LogP contribution in [-0.2, 0) is 4.57 Å². The molecule has 0 bridgehead atoms. The van der Waals surface area contributed by atoms with Crippen molar-refractivity contribution in [1.29, 1.82) is 0 Å². The largest absolute Gasteiger partial charge is 0.367 e. The summed E-state index contributed by atoms with van der Waals surface area (Å²) >= 11 is 0. The van der Waals surface area contributed by atoms with E-state index in [1.165, 1.54) is 13.8 Å². The highest BCUT2D eigenvalue weighted by atomic mass is 31.2. The van der Waals surface area contributed by atoms with E-state index in [2.05, 4.69) is 0 Å². The molecule has 44 valence electrons. The highest BCUT2D eigenvalue weighted by Gasteiger charge is 2.20. The van der Waals surface area contributed by atoms with Gasteiger partial charge < -0.3 is 4.89 Å². The van der Waals surface area contributed by atoms with Gasteiger partial charge in [0, 0.05) is 0 Å². The Morgan fingerprint density at radius 1 is 1.71 bits per heavy atom. The van der Waals surface area contributed by atoms with E-state index in [1.54, 1.807) is 0 Å². The summed E-state index contributed by atoms with van der Waals surface area (Å²) in [5, 5.41) is 0. The van der Waals surface area contributed by atoms with Crippen molar-refractivity contribution in [2.75, 3.05) is 0 Å². The third kappa shape index (κ3) is 2.77. The van der Waals surface area contributed by atoms with Crippen molar-refractivity contribution >= 4 is 7.68 Å². The van der Waals surface area contributed by atoms with Gasteiger partial charge in [0.1, 0.15) is 0 Å². The van der Waals surface area contributed by atoms with E-state index >= 15 is 0 Å². The predicted molar refractivity (Wildman–Crippen MR) is 26.1 cm³/mol. The SMILES string of the molecule is CC(C)P(=O)(O)F. The second-order valence-corrected chi connectivity index (χ2v) is 3.76. The molecular formula is C3H8FO2P. The van der Waals surface area contributed by atoms with Gasteiger partial charge in [-0.3, -0.25) is 4.57 Å². The molecule has 1 N–H and O–H groups in total. The minimum absolute atomic E-state index is 0.757. The van der Waals surface area contributed by atoms with Crippen LogP contribution in [0, 0.1) is 0 Å². The average Bonchev–Trinajstić information content (AvgIpc) is 1.31. The fourth-order valence-electron chi connectivity index (χ4n) is 0. The minimum Gasteiger partial charge on any atom is -0.321 e. The fraction of sp³-hybridized carbons (Fsp3) is 1.00. The predicted octanol–water partition coefficient (Wildman–Crippen LogP) is 1.55. The zero-order chi connectivity index (χ0) is 6.08. The van der Waals surface area contributed by atoms with Crippen LogP contribution >= 0.6 is 7.68 Å². The molecule has 0 amide bonds. The zero-order valence-electron chi connectivity index (χ0n) is 4.26. The van der Waals surface area contributed by atoms with Crippen LogP contribution in [0.5, 0.6) is 0 Å². The number of hydrogen-bond acceptors (Lipinski definition) is 1. The van der Waals surface area contributed by atoms with Gasteiger partial charge in [-0.2, -0.15) is 4.20 Å². The third-order valence-corrected chi connectivity index (χ3v) is 1.91. The van der Waals surface area contributed by atoms with E-state index < -0.39 is 13.3 Å². The Morgan fingerprint density at radius 2 is 1.86 bits per heavy atom. The normalized spacial score (nSPS) is 19.6. The summed E-state index contributed by atoms with van der Waals surface area (Å²) in [6, 6.07) is 0. The van der Waals surface area contributed by atoms with Crippen LogP contribution in [-0.4, -0.2) is 10.6 Å². The lowest BCUT2D eigenvalue weighted by atomic mass is 10.6. The summed E-state index contributed by atoms with van der Waals surface area (Å²) in [5.41, 5.74) is -0.757. The summed E-state index contributed by atoms with van der Waals surface area (Å²) in [6.45, 7) is 2.72. The summed E-state index contributed by atoms with van der Waals surface area (Å²) in [7, 11) is -4.24. The molecule has 0 aromatic rings. The van der Waals surface area contributed by atoms with E-state index in [-0.39, 0.29) is 0 Å². The average molecular weight is 126 g/mol. The summed E-state index contributed by atoms with van der Waals surface area (Å²) in [4.78, 5) is 7.98. The maximum Gasteiger partial charge on any atom is 0.367 e. The highest BCUT2D eigenvalue weighted by molar-refractivity contribution is 7.53. The van der Waals surface area contributed by atoms with Crippen LogP contribution in [0.15, 0.2) is 0 Å². The Bertz CT molecular complexity index is 95.1. The molecule has 0 fully saturated rings. The molecule has 0 spiro atoms. The smallest absolute Gasteiger partial charge is 0.321 e. The lowest BCUT2D eigenvalue weighted by molar-refractivity contribution is 0.419. The van der Waals surface area contributed by atoms with Gasteiger partial charge in [-0.05, 0) is 0 Å². The molecular weight excluding hydrogens is 118 g/mol. The zero-order valence-corrected chi connectivity index (χ0v) is 5.15. The van der Waals surface area contributed by atoms with Crippen LogP contribution in [0.2, 0.25) is 0 Å². The molecule has 0 aromatic carbocycles. The first-order valence-electron chi connectivity index (χ1n) is 1.96. The monoisotopic (exact) mass is 126 g/mol. The van der Waals surface area contributed by atoms with Crippen LogP contribution in [0.25, 0.3) is 0 Å². The standard InChI is InChI=1S/C3H8FO2P/c1-3(2)7(4,5)6/h3H,1-2H3,(H,5,6). The number of halogens is 1. The molecule has 0 aromatic heterocycles. The summed E-state index contributed by atoms with van der Waals surface area (Å²) in [5.74, 6) is 0. The Balaban J connectivity index is 3.80. The Labute approximate surface area is 41.9 Å². The van der Waals surface area contributed by atoms with Crippen molar-refractivity contribution in [3.05, 3.63) is 0 Å². The van der Waals surface area contributed by atoms with Gasteiger partial charge in [0.05, 0.1) is 5.66 Å². The lowest BCUT2D eigenvalue weighted by Crippen LogP contribution is -1.89. The first-order chi connectivity index (χ1) is 2.94. The summed E-state index contributed by atoms with van der Waals surface area (Å²) in [6.07, 6.45) is 0. The van der Waals surface area contributed by atoms with E-state index in [9.17, 15) is 8.76 Å². The number of rotatable bonds is 1. The lowest BCUT2D eigenvalue weighted by Gasteiger charge is -2.01. The van der Waals surface area contributed by atoms with Gasteiger partial charge in [-0.15, -0.1) is 0 Å². The van der Waals surface area contributed by atoms with Crippen LogP contribution in [0.1, 0.15) is 13.8 Å². The maximum atomic E-state index is 11.6. The molecule has 4 heteroatoms. The Hall–Kier alpha value is 0.120. The van der Waals surface area contributed by atoms with Gasteiger partial charge in [0.25, 0.3) is 0 Å². The molecule has 0 saturated carbocycles. The molecule has 0 aliphatic carbocycles. The van der Waals surface area contributed by atoms with Crippen LogP contribution in [0.4, 0.5) is 4.20 Å². The molecule has 0 radical (unpaired) electrons. The molecule has 0 saturated heterocycles. The Morgan fingerprint density at radius 3 is 1.86 bits per heavy atom. The van der Waals surface area contributed by atoms with Crippen LogP contribution in [0.3, 0.4) is 0 Å². The second kappa shape index (κ2) is 1.93. The maximum absolute atomic E-state index is 11.6. The molecule has 0 aliphatic heterocycles. The molecule has 0 rings (SSSR count). The van der Waals surface area contributed by atoms with Crippen molar-refractivity contribution in [2.45, 2.75) is 19.5 Å². The van der Waals surface area contributed by atoms with Crippen molar-refractivity contribution in [1.82, 2.24) is 0 Å². The van der Waals surface area contributed by atoms with Gasteiger partial charge >= 0.3 is 7.68 Å². The molecule has 1 unspecified atom stereocenters. The van der Waals surface area contributed by atoms with Crippen molar-refractivity contribution in [3.8, 4) is 0 Å². The number of hydrogen-bond donors (Lipinski definition) is 1. The quantitative estimate of drug-likeness (QED) is 0.541. The molecule has 1 atom stereocenters. The van der Waals surface area contributed by atoms with Gasteiger partial charge in [-0.1, -0.05) is 13.8 Å². The van der Waals surface area contributed by atoms with E-state index in [1.807, 2.05) is 0 Å². The van der Waals surface area contributed by atoms with E-state index in [0.717, 1.165) is 0 Å². The Kier molecular flexibility index (Phi) is 1.96. The molecule has 7 heavy (non-hydrogen) atoms. The minimum atomic E-state index is -4.24. The van der Waals surface area contributed by atoms with Gasteiger partial charge in [0.15, 0.2) is 0 Å². The van der Waals surface area contributed by atoms with Gasteiger partial charge in [-0.25, -0.2) is 0 Å². The van der Waals surface area contributed by atoms with Gasteiger partial charge in [0.2, 0.25) is 0 Å². The topological polar surface area (TPSA) is 37.3 Å². The molecule has 0 aliphatic rings. The summed E-state index contributed by atoms with van der Waals surface area (Å²) < 4.78 is 21.4. The van der Waals surface area contributed by atoms with Crippen LogP contribution < -0.4 is 0 Å². The second-order valence-electron chi connectivity index (χ2n) is 1.64. The van der Waals surface area contributed by atoms with E-state index in [0.29, 0.717) is 0 Å². The first-order valence-corrected chi connectivity index (χ1v) is 3.58. The molecule has 0 heterocycles. The van der Waals surface area contributed by atoms with Crippen molar-refractivity contribution in [2.24, 2.45) is 0 Å². The van der Waals surface area contributed by atoms with Crippen molar-refractivity contribution in [3.63, 3.8) is 0 Å². The first kappa shape index (κ1) is 7.12. The van der Waals surface area contributed by atoms with E-state index in [4.69, 9.17) is 4.89 Å². The molecule has 2 nitrogen and oxygen atoms in total. The third-order valence-electron chi connectivity index (χ3n) is 0.637. The fourth-order valence-corrected chi connectivity index (χ4v) is 0. The highest BCUT2D eigenvalue weighted by Crippen LogP contribution is 2.46. The van der Waals surface area contributed by atoms with Crippen molar-refractivity contribution < 1.29 is 13.7 Å².